The molecule has 1 fully saturated rings. The Kier molecular flexibility index (Phi) is 5.41. The zero-order valence-electron chi connectivity index (χ0n) is 13.6. The molecule has 0 amide bonds. The van der Waals surface area contributed by atoms with Crippen molar-refractivity contribution in [2.75, 3.05) is 13.7 Å². The number of nitrogens with one attached hydrogen (secondary N) is 1. The Hall–Kier alpha value is -1.72. The first-order valence-electron chi connectivity index (χ1n) is 8.38. The molecule has 0 bridgehead atoms. The smallest absolute Gasteiger partial charge is 0.162 e. The van der Waals surface area contributed by atoms with Crippen LogP contribution in [0.3, 0.4) is 0 Å². The molecule has 1 aromatic rings. The normalized spacial score (nSPS) is 21.7. The minimum Gasteiger partial charge on any atom is -0.493 e. The molecule has 0 aromatic heterocycles. The summed E-state index contributed by atoms with van der Waals surface area (Å²) in [6.07, 6.45) is 8.53. The van der Waals surface area contributed by atoms with Crippen LogP contribution in [0.4, 0.5) is 0 Å². The highest BCUT2D eigenvalue weighted by atomic mass is 16.7. The van der Waals surface area contributed by atoms with Crippen LogP contribution in [0.1, 0.15) is 44.1 Å². The monoisotopic (exact) mass is 319 g/mol. The summed E-state index contributed by atoms with van der Waals surface area (Å²) in [5, 5.41) is 8.97. The summed E-state index contributed by atoms with van der Waals surface area (Å²) in [7, 11) is 1.66. The van der Waals surface area contributed by atoms with E-state index in [1.807, 2.05) is 18.2 Å². The highest BCUT2D eigenvalue weighted by molar-refractivity contribution is 5.66. The number of benzene rings is 1. The van der Waals surface area contributed by atoms with Crippen molar-refractivity contribution in [1.29, 1.82) is 0 Å². The molecular formula is C18H25NO4. The van der Waals surface area contributed by atoms with Crippen molar-refractivity contribution < 1.29 is 19.4 Å². The lowest BCUT2D eigenvalue weighted by Crippen LogP contribution is -2.27. The Bertz CT molecular complexity index is 552. The summed E-state index contributed by atoms with van der Waals surface area (Å²) in [4.78, 5) is 5.56. The standard InChI is InChI=1S/C18H25NO4/c1-21-17-9-6-13(12-18(17)22-14-4-2-3-5-14)16-8-7-15(10-11-20)23-19-16/h6,8-9,12,14-15,19-20H,2-5,7,10-11H2,1H3. The molecule has 3 rings (SSSR count). The van der Waals surface area contributed by atoms with E-state index < -0.39 is 0 Å². The summed E-state index contributed by atoms with van der Waals surface area (Å²) in [6.45, 7) is 0.136. The van der Waals surface area contributed by atoms with Gasteiger partial charge in [0.25, 0.3) is 0 Å². The number of hydrogen-bond donors (Lipinski definition) is 2. The Morgan fingerprint density at radius 2 is 2.09 bits per heavy atom. The van der Waals surface area contributed by atoms with E-state index >= 15 is 0 Å². The molecule has 1 aliphatic heterocycles. The van der Waals surface area contributed by atoms with Gasteiger partial charge in [0.05, 0.1) is 25.0 Å². The summed E-state index contributed by atoms with van der Waals surface area (Å²) >= 11 is 0. The van der Waals surface area contributed by atoms with E-state index in [0.29, 0.717) is 6.42 Å². The van der Waals surface area contributed by atoms with E-state index in [2.05, 4.69) is 11.6 Å². The molecule has 1 atom stereocenters. The van der Waals surface area contributed by atoms with Gasteiger partial charge in [-0.1, -0.05) is 6.08 Å². The van der Waals surface area contributed by atoms with E-state index in [0.717, 1.165) is 42.0 Å². The van der Waals surface area contributed by atoms with Gasteiger partial charge in [-0.05, 0) is 56.7 Å². The predicted octanol–water partition coefficient (Wildman–Crippen LogP) is 3.03. The molecule has 1 aromatic carbocycles. The average molecular weight is 319 g/mol. The van der Waals surface area contributed by atoms with E-state index in [1.165, 1.54) is 12.8 Å². The Balaban J connectivity index is 1.75. The Morgan fingerprint density at radius 3 is 2.74 bits per heavy atom. The minimum absolute atomic E-state index is 0.0243. The second kappa shape index (κ2) is 7.70. The highest BCUT2D eigenvalue weighted by Crippen LogP contribution is 2.34. The fraction of sp³-hybridized carbons (Fsp3) is 0.556. The molecule has 5 heteroatoms. The van der Waals surface area contributed by atoms with Crippen molar-refractivity contribution in [3.05, 3.63) is 29.8 Å². The first-order valence-corrected chi connectivity index (χ1v) is 8.38. The largest absolute Gasteiger partial charge is 0.493 e. The summed E-state index contributed by atoms with van der Waals surface area (Å²) < 4.78 is 11.6. The number of hydrogen-bond acceptors (Lipinski definition) is 5. The molecule has 0 saturated heterocycles. The summed E-state index contributed by atoms with van der Waals surface area (Å²) in [5.41, 5.74) is 4.93. The maximum absolute atomic E-state index is 8.97. The van der Waals surface area contributed by atoms with Crippen molar-refractivity contribution in [2.24, 2.45) is 0 Å². The molecule has 23 heavy (non-hydrogen) atoms. The van der Waals surface area contributed by atoms with E-state index in [9.17, 15) is 0 Å². The maximum Gasteiger partial charge on any atom is 0.162 e. The molecule has 2 N–H and O–H groups in total. The van der Waals surface area contributed by atoms with E-state index in [-0.39, 0.29) is 18.8 Å². The van der Waals surface area contributed by atoms with Crippen molar-refractivity contribution >= 4 is 5.70 Å². The minimum atomic E-state index is 0.0243. The van der Waals surface area contributed by atoms with Crippen LogP contribution in [-0.4, -0.2) is 31.0 Å². The number of aliphatic hydroxyl groups is 1. The number of methoxy groups -OCH3 is 1. The SMILES string of the molecule is COc1ccc(C2=CCC(CCO)ON2)cc1OC1CCCC1. The van der Waals surface area contributed by atoms with Crippen LogP contribution in [0.5, 0.6) is 11.5 Å². The van der Waals surface area contributed by atoms with Gasteiger partial charge in [0.15, 0.2) is 11.5 Å². The third kappa shape index (κ3) is 3.98. The Labute approximate surface area is 137 Å². The third-order valence-corrected chi connectivity index (χ3v) is 4.44. The van der Waals surface area contributed by atoms with Crippen LogP contribution in [-0.2, 0) is 4.84 Å². The van der Waals surface area contributed by atoms with E-state index in [1.54, 1.807) is 7.11 Å². The van der Waals surface area contributed by atoms with Gasteiger partial charge in [-0.25, -0.2) is 0 Å². The van der Waals surface area contributed by atoms with Gasteiger partial charge < -0.3 is 14.6 Å². The van der Waals surface area contributed by atoms with Gasteiger partial charge in [-0.2, -0.15) is 0 Å². The zero-order valence-corrected chi connectivity index (χ0v) is 13.6. The fourth-order valence-corrected chi connectivity index (χ4v) is 3.11. The molecular weight excluding hydrogens is 294 g/mol. The maximum atomic E-state index is 8.97. The van der Waals surface area contributed by atoms with Gasteiger partial charge in [-0.15, -0.1) is 0 Å². The van der Waals surface area contributed by atoms with Gasteiger partial charge >= 0.3 is 0 Å². The average Bonchev–Trinajstić information content (AvgIpc) is 3.09. The quantitative estimate of drug-likeness (QED) is 0.844. The highest BCUT2D eigenvalue weighted by Gasteiger charge is 2.20. The Morgan fingerprint density at radius 1 is 1.26 bits per heavy atom. The van der Waals surface area contributed by atoms with Gasteiger partial charge in [0.2, 0.25) is 0 Å². The van der Waals surface area contributed by atoms with Crippen molar-refractivity contribution in [3.63, 3.8) is 0 Å². The topological polar surface area (TPSA) is 60.0 Å². The molecule has 1 saturated carbocycles. The van der Waals surface area contributed by atoms with E-state index in [4.69, 9.17) is 19.4 Å². The number of hydroxylamine groups is 1. The molecule has 1 unspecified atom stereocenters. The van der Waals surface area contributed by atoms with Crippen molar-refractivity contribution in [1.82, 2.24) is 5.48 Å². The van der Waals surface area contributed by atoms with Crippen LogP contribution >= 0.6 is 0 Å². The second-order valence-electron chi connectivity index (χ2n) is 6.10. The molecule has 5 nitrogen and oxygen atoms in total. The zero-order chi connectivity index (χ0) is 16.1. The first kappa shape index (κ1) is 16.1. The molecule has 2 aliphatic rings. The van der Waals surface area contributed by atoms with Gasteiger partial charge in [-0.3, -0.25) is 10.3 Å². The van der Waals surface area contributed by atoms with Gasteiger partial charge in [0.1, 0.15) is 0 Å². The van der Waals surface area contributed by atoms with Gasteiger partial charge in [0, 0.05) is 12.2 Å². The van der Waals surface area contributed by atoms with Crippen LogP contribution in [0, 0.1) is 0 Å². The van der Waals surface area contributed by atoms with Crippen LogP contribution in [0.25, 0.3) is 5.70 Å². The van der Waals surface area contributed by atoms with Crippen LogP contribution in [0.2, 0.25) is 0 Å². The summed E-state index contributed by atoms with van der Waals surface area (Å²) in [6, 6.07) is 5.93. The molecule has 0 spiro atoms. The lowest BCUT2D eigenvalue weighted by atomic mass is 10.1. The van der Waals surface area contributed by atoms with Crippen molar-refractivity contribution in [2.45, 2.75) is 50.7 Å². The van der Waals surface area contributed by atoms with Crippen molar-refractivity contribution in [3.8, 4) is 11.5 Å². The van der Waals surface area contributed by atoms with Crippen LogP contribution < -0.4 is 15.0 Å². The lowest BCUT2D eigenvalue weighted by Gasteiger charge is -2.24. The number of aliphatic hydroxyl groups excluding tert-OH is 1. The first-order chi connectivity index (χ1) is 11.3. The fourth-order valence-electron chi connectivity index (χ4n) is 3.11. The number of rotatable bonds is 6. The summed E-state index contributed by atoms with van der Waals surface area (Å²) in [5.74, 6) is 1.55. The molecule has 126 valence electrons. The lowest BCUT2D eigenvalue weighted by molar-refractivity contribution is -0.0137. The molecule has 0 radical (unpaired) electrons. The van der Waals surface area contributed by atoms with Crippen LogP contribution in [0.15, 0.2) is 24.3 Å². The third-order valence-electron chi connectivity index (χ3n) is 4.44. The number of ether oxygens (including phenoxy) is 2. The second-order valence-corrected chi connectivity index (χ2v) is 6.10. The predicted molar refractivity (Wildman–Crippen MR) is 88.2 cm³/mol. The molecule has 1 aliphatic carbocycles. The molecule has 1 heterocycles.